The average Bonchev–Trinajstić information content (AvgIpc) is 3.34. The predicted octanol–water partition coefficient (Wildman–Crippen LogP) is 4.40. The number of rotatable bonds is 5. The van der Waals surface area contributed by atoms with Crippen LogP contribution in [-0.2, 0) is 18.4 Å². The average molecular weight is 378 g/mol. The smallest absolute Gasteiger partial charge is 0.227 e. The van der Waals surface area contributed by atoms with E-state index in [0.29, 0.717) is 35.9 Å². The van der Waals surface area contributed by atoms with Crippen molar-refractivity contribution >= 4 is 12.4 Å². The van der Waals surface area contributed by atoms with Crippen LogP contribution in [0.25, 0.3) is 11.3 Å². The number of hydrogen-bond acceptors (Lipinski definition) is 5. The van der Waals surface area contributed by atoms with Gasteiger partial charge in [-0.1, -0.05) is 30.1 Å². The fourth-order valence-corrected chi connectivity index (χ4v) is 3.34. The van der Waals surface area contributed by atoms with E-state index in [2.05, 4.69) is 10.1 Å². The zero-order chi connectivity index (χ0) is 17.3. The van der Waals surface area contributed by atoms with E-state index >= 15 is 0 Å². The second-order valence-electron chi connectivity index (χ2n) is 6.62. The van der Waals surface area contributed by atoms with Crippen molar-refractivity contribution in [3.8, 4) is 11.3 Å². The first-order chi connectivity index (χ1) is 12.1. The van der Waals surface area contributed by atoms with Crippen LogP contribution in [0.5, 0.6) is 0 Å². The van der Waals surface area contributed by atoms with Crippen LogP contribution in [0.1, 0.15) is 43.2 Å². The minimum atomic E-state index is -0.440. The van der Waals surface area contributed by atoms with Gasteiger partial charge in [0.1, 0.15) is 17.3 Å². The summed E-state index contributed by atoms with van der Waals surface area (Å²) >= 11 is 0. The number of hydrogen-bond donors (Lipinski definition) is 1. The third-order valence-electron chi connectivity index (χ3n) is 4.80. The van der Waals surface area contributed by atoms with Gasteiger partial charge in [-0.25, -0.2) is 4.39 Å². The summed E-state index contributed by atoms with van der Waals surface area (Å²) in [6.45, 7) is 0. The maximum absolute atomic E-state index is 13.8. The fourth-order valence-electron chi connectivity index (χ4n) is 3.34. The molecule has 0 atom stereocenters. The van der Waals surface area contributed by atoms with Crippen molar-refractivity contribution in [1.29, 1.82) is 0 Å². The second kappa shape index (κ2) is 7.60. The third kappa shape index (κ3) is 3.66. The summed E-state index contributed by atoms with van der Waals surface area (Å²) in [7, 11) is 0. The lowest BCUT2D eigenvalue weighted by Gasteiger charge is -2.17. The Morgan fingerprint density at radius 3 is 2.62 bits per heavy atom. The van der Waals surface area contributed by atoms with Gasteiger partial charge in [0, 0.05) is 12.8 Å². The van der Waals surface area contributed by atoms with Crippen LogP contribution in [0.3, 0.4) is 0 Å². The zero-order valence-corrected chi connectivity index (χ0v) is 15.1. The Kier molecular flexibility index (Phi) is 5.44. The van der Waals surface area contributed by atoms with Gasteiger partial charge in [-0.15, -0.1) is 12.4 Å². The molecule has 1 aliphatic rings. The highest BCUT2D eigenvalue weighted by Crippen LogP contribution is 2.34. The lowest BCUT2D eigenvalue weighted by atomic mass is 9.99. The van der Waals surface area contributed by atoms with Crippen LogP contribution in [-0.4, -0.2) is 10.1 Å². The summed E-state index contributed by atoms with van der Waals surface area (Å²) in [4.78, 5) is 4.45. The van der Waals surface area contributed by atoms with Gasteiger partial charge < -0.3 is 14.7 Å². The zero-order valence-electron chi connectivity index (χ0n) is 14.3. The Hall–Kier alpha value is -2.18. The summed E-state index contributed by atoms with van der Waals surface area (Å²) in [6.07, 6.45) is 5.17. The molecule has 0 aliphatic heterocycles. The normalized spacial score (nSPS) is 15.8. The number of nitrogens with two attached hydrogens (primary N) is 1. The van der Waals surface area contributed by atoms with Crippen molar-refractivity contribution in [2.24, 2.45) is 5.73 Å². The highest BCUT2D eigenvalue weighted by molar-refractivity contribution is 5.85. The van der Waals surface area contributed by atoms with Crippen molar-refractivity contribution in [2.45, 2.75) is 44.1 Å². The molecule has 0 radical (unpaired) electrons. The van der Waals surface area contributed by atoms with E-state index < -0.39 is 5.54 Å². The van der Waals surface area contributed by atoms with Crippen molar-refractivity contribution < 1.29 is 13.3 Å². The number of aromatic nitrogens is 2. The molecule has 2 heterocycles. The molecular weight excluding hydrogens is 357 g/mol. The van der Waals surface area contributed by atoms with Gasteiger partial charge >= 0.3 is 0 Å². The minimum Gasteiger partial charge on any atom is -0.461 e. The summed E-state index contributed by atoms with van der Waals surface area (Å²) in [5.74, 6) is 2.13. The molecule has 0 spiro atoms. The minimum absolute atomic E-state index is 0. The molecule has 2 aromatic heterocycles. The van der Waals surface area contributed by atoms with Gasteiger partial charge in [-0.05, 0) is 37.1 Å². The molecule has 0 saturated heterocycles. The molecule has 4 rings (SSSR count). The van der Waals surface area contributed by atoms with E-state index in [1.807, 2.05) is 6.07 Å². The molecule has 7 heteroatoms. The van der Waals surface area contributed by atoms with Crippen LogP contribution in [0, 0.1) is 5.82 Å². The number of halogens is 2. The molecule has 0 bridgehead atoms. The summed E-state index contributed by atoms with van der Waals surface area (Å²) in [5, 5.41) is 4.06. The molecule has 138 valence electrons. The summed E-state index contributed by atoms with van der Waals surface area (Å²) in [5.41, 5.74) is 6.36. The van der Waals surface area contributed by atoms with Crippen molar-refractivity contribution in [1.82, 2.24) is 10.1 Å². The number of nitrogens with zero attached hydrogens (tertiary/aromatic N) is 2. The highest BCUT2D eigenvalue weighted by atomic mass is 35.5. The molecule has 1 aliphatic carbocycles. The lowest BCUT2D eigenvalue weighted by molar-refractivity contribution is 0.346. The highest BCUT2D eigenvalue weighted by Gasteiger charge is 2.35. The Morgan fingerprint density at radius 2 is 1.85 bits per heavy atom. The second-order valence-corrected chi connectivity index (χ2v) is 6.62. The standard InChI is InChI=1S/C19H20FN3O2.ClH/c20-15-6-2-1-5-14(15)16-9-7-13(24-16)8-10-17-22-18(23-25-17)19(21)11-3-4-12-19;/h1-2,5-7,9H,3-4,8,10-12,21H2;1H. The van der Waals surface area contributed by atoms with Crippen molar-refractivity contribution in [2.75, 3.05) is 0 Å². The van der Waals surface area contributed by atoms with Crippen LogP contribution in [0.4, 0.5) is 4.39 Å². The van der Waals surface area contributed by atoms with Crippen LogP contribution in [0.15, 0.2) is 45.3 Å². The van der Waals surface area contributed by atoms with E-state index in [4.69, 9.17) is 14.7 Å². The molecule has 3 aromatic rings. The van der Waals surface area contributed by atoms with Gasteiger partial charge in [0.15, 0.2) is 5.82 Å². The molecule has 1 saturated carbocycles. The first kappa shape index (κ1) is 18.6. The molecular formula is C19H21ClFN3O2. The Balaban J connectivity index is 0.00000196. The molecule has 26 heavy (non-hydrogen) atoms. The number of aryl methyl sites for hydroxylation is 2. The Bertz CT molecular complexity index is 871. The monoisotopic (exact) mass is 377 g/mol. The van der Waals surface area contributed by atoms with Gasteiger partial charge in [0.05, 0.1) is 11.1 Å². The maximum Gasteiger partial charge on any atom is 0.227 e. The quantitative estimate of drug-likeness (QED) is 0.712. The summed E-state index contributed by atoms with van der Waals surface area (Å²) < 4.78 is 24.9. The van der Waals surface area contributed by atoms with Gasteiger partial charge in [-0.3, -0.25) is 0 Å². The molecule has 1 aromatic carbocycles. The van der Waals surface area contributed by atoms with E-state index in [1.54, 1.807) is 24.3 Å². The van der Waals surface area contributed by atoms with E-state index in [1.165, 1.54) is 6.07 Å². The largest absolute Gasteiger partial charge is 0.461 e. The van der Waals surface area contributed by atoms with Crippen molar-refractivity contribution in [3.63, 3.8) is 0 Å². The van der Waals surface area contributed by atoms with Gasteiger partial charge in [0.25, 0.3) is 0 Å². The van der Waals surface area contributed by atoms with Gasteiger partial charge in [-0.2, -0.15) is 4.98 Å². The van der Waals surface area contributed by atoms with Crippen molar-refractivity contribution in [3.05, 3.63) is 59.7 Å². The SMILES string of the molecule is Cl.NC1(c2noc(CCc3ccc(-c4ccccc4F)o3)n2)CCCC1. The Labute approximate surface area is 157 Å². The first-order valence-electron chi connectivity index (χ1n) is 8.60. The molecule has 0 amide bonds. The lowest BCUT2D eigenvalue weighted by Crippen LogP contribution is -2.34. The molecule has 0 unspecified atom stereocenters. The fraction of sp³-hybridized carbons (Fsp3) is 0.368. The predicted molar refractivity (Wildman–Crippen MR) is 97.4 cm³/mol. The Morgan fingerprint density at radius 1 is 1.08 bits per heavy atom. The topological polar surface area (TPSA) is 78.1 Å². The summed E-state index contributed by atoms with van der Waals surface area (Å²) in [6, 6.07) is 10.2. The van der Waals surface area contributed by atoms with Crippen LogP contribution >= 0.6 is 12.4 Å². The maximum atomic E-state index is 13.8. The number of benzene rings is 1. The first-order valence-corrected chi connectivity index (χ1v) is 8.60. The van der Waals surface area contributed by atoms with Gasteiger partial charge in [0.2, 0.25) is 5.89 Å². The molecule has 2 N–H and O–H groups in total. The number of furan rings is 1. The van der Waals surface area contributed by atoms with E-state index in [-0.39, 0.29) is 18.2 Å². The molecule has 1 fully saturated rings. The third-order valence-corrected chi connectivity index (χ3v) is 4.80. The van der Waals surface area contributed by atoms with E-state index in [9.17, 15) is 4.39 Å². The molecule has 5 nitrogen and oxygen atoms in total. The van der Waals surface area contributed by atoms with Crippen LogP contribution in [0.2, 0.25) is 0 Å². The van der Waals surface area contributed by atoms with Crippen LogP contribution < -0.4 is 5.73 Å². The van der Waals surface area contributed by atoms with E-state index in [0.717, 1.165) is 31.4 Å².